The average Bonchev–Trinajstić information content (AvgIpc) is 2.59. The second-order valence-electron chi connectivity index (χ2n) is 5.29. The third-order valence-corrected chi connectivity index (χ3v) is 4.06. The number of nitrogens with zero attached hydrogens (tertiary/aromatic N) is 2. The molecule has 0 bridgehead atoms. The number of nitriles is 1. The summed E-state index contributed by atoms with van der Waals surface area (Å²) < 4.78 is 5.57. The summed E-state index contributed by atoms with van der Waals surface area (Å²) in [6.45, 7) is 2.28. The minimum absolute atomic E-state index is 0.0338. The van der Waals surface area contributed by atoms with Gasteiger partial charge in [0.05, 0.1) is 12.1 Å². The molecule has 0 saturated heterocycles. The van der Waals surface area contributed by atoms with Gasteiger partial charge in [-0.05, 0) is 18.6 Å². The third kappa shape index (κ3) is 1.77. The van der Waals surface area contributed by atoms with E-state index in [2.05, 4.69) is 11.1 Å². The maximum Gasteiger partial charge on any atom is 0.232 e. The van der Waals surface area contributed by atoms with Gasteiger partial charge in [-0.3, -0.25) is 4.79 Å². The molecule has 1 aliphatic carbocycles. The zero-order valence-electron chi connectivity index (χ0n) is 12.5. The lowest BCUT2D eigenvalue weighted by Gasteiger charge is -2.21. The minimum Gasteiger partial charge on any atom is -0.477 e. The van der Waals surface area contributed by atoms with Crippen LogP contribution < -0.4 is 4.74 Å². The van der Waals surface area contributed by atoms with Crippen LogP contribution in [0.25, 0.3) is 22.0 Å². The minimum atomic E-state index is -0.0338. The van der Waals surface area contributed by atoms with Gasteiger partial charge in [0.25, 0.3) is 0 Å². The van der Waals surface area contributed by atoms with E-state index in [4.69, 9.17) is 4.74 Å². The monoisotopic (exact) mass is 300 g/mol. The lowest BCUT2D eigenvalue weighted by Crippen LogP contribution is -2.12. The van der Waals surface area contributed by atoms with Gasteiger partial charge in [-0.15, -0.1) is 0 Å². The Labute approximate surface area is 133 Å². The number of carbonyl (C=O) groups is 1. The van der Waals surface area contributed by atoms with E-state index in [9.17, 15) is 10.1 Å². The average molecular weight is 300 g/mol. The predicted octanol–water partition coefficient (Wildman–Crippen LogP) is 3.72. The van der Waals surface area contributed by atoms with Gasteiger partial charge in [0.2, 0.25) is 5.88 Å². The standard InChI is InChI=1S/C19H12N2O2/c1-2-23-19-14(10-20)16-11-6-3-4-7-12(11)18(22)13-8-5-9-15(21-19)17(13)16/h3-9H,2H2,1H3. The summed E-state index contributed by atoms with van der Waals surface area (Å²) in [5, 5.41) is 10.4. The van der Waals surface area contributed by atoms with E-state index in [0.717, 1.165) is 16.5 Å². The maximum atomic E-state index is 12.8. The Hall–Kier alpha value is -3.19. The fourth-order valence-corrected chi connectivity index (χ4v) is 3.14. The molecule has 0 spiro atoms. The largest absolute Gasteiger partial charge is 0.477 e. The number of ketones is 1. The van der Waals surface area contributed by atoms with E-state index in [1.54, 1.807) is 12.1 Å². The van der Waals surface area contributed by atoms with Crippen molar-refractivity contribution < 1.29 is 9.53 Å². The van der Waals surface area contributed by atoms with Crippen LogP contribution in [0.1, 0.15) is 28.4 Å². The second-order valence-corrected chi connectivity index (χ2v) is 5.29. The quantitative estimate of drug-likeness (QED) is 0.566. The van der Waals surface area contributed by atoms with Gasteiger partial charge < -0.3 is 4.74 Å². The highest BCUT2D eigenvalue weighted by Crippen LogP contribution is 2.43. The molecule has 4 heteroatoms. The van der Waals surface area contributed by atoms with Crippen molar-refractivity contribution >= 4 is 16.7 Å². The van der Waals surface area contributed by atoms with E-state index in [1.165, 1.54) is 0 Å². The molecule has 0 fully saturated rings. The first-order chi connectivity index (χ1) is 11.3. The van der Waals surface area contributed by atoms with Crippen molar-refractivity contribution in [3.63, 3.8) is 0 Å². The van der Waals surface area contributed by atoms with Crippen LogP contribution in [-0.4, -0.2) is 17.4 Å². The normalized spacial score (nSPS) is 11.9. The summed E-state index contributed by atoms with van der Waals surface area (Å²) in [5.74, 6) is 0.285. The molecule has 0 aliphatic heterocycles. The molecule has 110 valence electrons. The van der Waals surface area contributed by atoms with E-state index >= 15 is 0 Å². The van der Waals surface area contributed by atoms with Gasteiger partial charge in [0, 0.05) is 22.1 Å². The predicted molar refractivity (Wildman–Crippen MR) is 86.5 cm³/mol. The van der Waals surface area contributed by atoms with Crippen LogP contribution in [0.15, 0.2) is 42.5 Å². The van der Waals surface area contributed by atoms with Gasteiger partial charge in [0.15, 0.2) is 5.78 Å². The van der Waals surface area contributed by atoms with Crippen LogP contribution >= 0.6 is 0 Å². The Balaban J connectivity index is 2.25. The Morgan fingerprint density at radius 3 is 2.57 bits per heavy atom. The second kappa shape index (κ2) is 4.92. The molecule has 1 aliphatic rings. The molecule has 0 radical (unpaired) electrons. The first kappa shape index (κ1) is 13.5. The van der Waals surface area contributed by atoms with E-state index in [1.807, 2.05) is 37.3 Å². The van der Waals surface area contributed by atoms with Crippen LogP contribution in [-0.2, 0) is 0 Å². The number of benzene rings is 2. The number of hydrogen-bond donors (Lipinski definition) is 0. The van der Waals surface area contributed by atoms with E-state index < -0.39 is 0 Å². The van der Waals surface area contributed by atoms with Crippen LogP contribution in [0.5, 0.6) is 5.88 Å². The number of pyridine rings is 1. The Morgan fingerprint density at radius 1 is 1.09 bits per heavy atom. The fourth-order valence-electron chi connectivity index (χ4n) is 3.14. The number of rotatable bonds is 2. The molecule has 23 heavy (non-hydrogen) atoms. The van der Waals surface area contributed by atoms with E-state index in [0.29, 0.717) is 34.7 Å². The van der Waals surface area contributed by atoms with Gasteiger partial charge in [-0.25, -0.2) is 4.98 Å². The van der Waals surface area contributed by atoms with Crippen molar-refractivity contribution in [2.24, 2.45) is 0 Å². The number of fused-ring (bicyclic) bond motifs is 2. The van der Waals surface area contributed by atoms with Crippen LogP contribution in [0.2, 0.25) is 0 Å². The highest BCUT2D eigenvalue weighted by atomic mass is 16.5. The molecule has 0 atom stereocenters. The fraction of sp³-hybridized carbons (Fsp3) is 0.105. The molecule has 4 nitrogen and oxygen atoms in total. The topological polar surface area (TPSA) is 63.0 Å². The van der Waals surface area contributed by atoms with E-state index in [-0.39, 0.29) is 5.78 Å². The van der Waals surface area contributed by atoms with Gasteiger partial charge in [-0.2, -0.15) is 5.26 Å². The Bertz CT molecular complexity index is 1020. The van der Waals surface area contributed by atoms with Crippen molar-refractivity contribution in [2.75, 3.05) is 6.61 Å². The number of ether oxygens (including phenoxy) is 1. The molecule has 2 aromatic carbocycles. The zero-order valence-corrected chi connectivity index (χ0v) is 12.5. The molecule has 0 saturated carbocycles. The van der Waals surface area contributed by atoms with Crippen molar-refractivity contribution in [2.45, 2.75) is 6.92 Å². The Morgan fingerprint density at radius 2 is 1.83 bits per heavy atom. The molecule has 0 N–H and O–H groups in total. The lowest BCUT2D eigenvalue weighted by atomic mass is 9.82. The van der Waals surface area contributed by atoms with Gasteiger partial charge in [-0.1, -0.05) is 36.4 Å². The zero-order chi connectivity index (χ0) is 16.0. The molecular formula is C19H12N2O2. The molecule has 4 rings (SSSR count). The summed E-state index contributed by atoms with van der Waals surface area (Å²) in [4.78, 5) is 17.2. The number of aromatic nitrogens is 1. The van der Waals surface area contributed by atoms with Gasteiger partial charge in [0.1, 0.15) is 11.6 Å². The summed E-state index contributed by atoms with van der Waals surface area (Å²) in [5.41, 5.74) is 3.75. The van der Waals surface area contributed by atoms with Crippen molar-refractivity contribution in [3.8, 4) is 23.1 Å². The summed E-state index contributed by atoms with van der Waals surface area (Å²) >= 11 is 0. The molecule has 3 aromatic rings. The van der Waals surface area contributed by atoms with Crippen LogP contribution in [0.3, 0.4) is 0 Å². The summed E-state index contributed by atoms with van der Waals surface area (Å²) in [6.07, 6.45) is 0. The number of hydrogen-bond acceptors (Lipinski definition) is 4. The first-order valence-electron chi connectivity index (χ1n) is 7.40. The number of carbonyl (C=O) groups excluding carboxylic acids is 1. The Kier molecular flexibility index (Phi) is 2.88. The lowest BCUT2D eigenvalue weighted by molar-refractivity contribution is 0.104. The highest BCUT2D eigenvalue weighted by Gasteiger charge is 2.29. The molecule has 1 aromatic heterocycles. The third-order valence-electron chi connectivity index (χ3n) is 4.06. The summed E-state index contributed by atoms with van der Waals surface area (Å²) in [6, 6.07) is 15.0. The van der Waals surface area contributed by atoms with Crippen molar-refractivity contribution in [1.29, 1.82) is 5.26 Å². The van der Waals surface area contributed by atoms with Gasteiger partial charge >= 0.3 is 0 Å². The van der Waals surface area contributed by atoms with Crippen LogP contribution in [0, 0.1) is 11.3 Å². The molecule has 1 heterocycles. The molecule has 0 unspecified atom stereocenters. The molecular weight excluding hydrogens is 288 g/mol. The maximum absolute atomic E-state index is 12.8. The molecule has 0 amide bonds. The first-order valence-corrected chi connectivity index (χ1v) is 7.40. The smallest absolute Gasteiger partial charge is 0.232 e. The summed E-state index contributed by atoms with van der Waals surface area (Å²) in [7, 11) is 0. The van der Waals surface area contributed by atoms with Crippen molar-refractivity contribution in [1.82, 2.24) is 4.98 Å². The SMILES string of the molecule is CCOc1nc2cccc3c2c(c1C#N)-c1ccccc1C3=O. The van der Waals surface area contributed by atoms with Crippen molar-refractivity contribution in [3.05, 3.63) is 59.2 Å². The highest BCUT2D eigenvalue weighted by molar-refractivity contribution is 6.26. The van der Waals surface area contributed by atoms with Crippen LogP contribution in [0.4, 0.5) is 0 Å².